The van der Waals surface area contributed by atoms with Crippen molar-refractivity contribution < 1.29 is 0 Å². The molecule has 2 N–H and O–H groups in total. The zero-order valence-electron chi connectivity index (χ0n) is 15.0. The van der Waals surface area contributed by atoms with Crippen LogP contribution in [0.3, 0.4) is 0 Å². The van der Waals surface area contributed by atoms with Crippen LogP contribution in [0.25, 0.3) is 0 Å². The van der Waals surface area contributed by atoms with Gasteiger partial charge in [0.05, 0.1) is 0 Å². The third kappa shape index (κ3) is 4.80. The van der Waals surface area contributed by atoms with Crippen LogP contribution in [0.4, 0.5) is 11.8 Å². The number of anilines is 2. The molecule has 0 saturated heterocycles. The van der Waals surface area contributed by atoms with E-state index in [-0.39, 0.29) is 0 Å². The minimum Gasteiger partial charge on any atom is -0.366 e. The molecule has 1 heterocycles. The second kappa shape index (κ2) is 7.79. The third-order valence-corrected chi connectivity index (χ3v) is 4.11. The molecule has 0 amide bonds. The second-order valence-electron chi connectivity index (χ2n) is 6.34. The molecule has 3 aromatic rings. The summed E-state index contributed by atoms with van der Waals surface area (Å²) in [7, 11) is 0. The van der Waals surface area contributed by atoms with Gasteiger partial charge in [-0.15, -0.1) is 0 Å². The topological polar surface area (TPSA) is 49.8 Å². The minimum atomic E-state index is 0.647. The first kappa shape index (κ1) is 17.0. The zero-order valence-corrected chi connectivity index (χ0v) is 15.0. The Hall–Kier alpha value is -2.88. The normalized spacial score (nSPS) is 10.5. The zero-order chi connectivity index (χ0) is 17.6. The van der Waals surface area contributed by atoms with Gasteiger partial charge in [0.25, 0.3) is 0 Å². The molecule has 0 bridgehead atoms. The summed E-state index contributed by atoms with van der Waals surface area (Å²) in [5.41, 5.74) is 5.96. The van der Waals surface area contributed by atoms with Gasteiger partial charge in [0, 0.05) is 24.8 Å². The molecular weight excluding hydrogens is 308 g/mol. The predicted octanol–water partition coefficient (Wildman–Crippen LogP) is 4.63. The van der Waals surface area contributed by atoms with Crippen LogP contribution < -0.4 is 10.6 Å². The van der Waals surface area contributed by atoms with Crippen LogP contribution >= 0.6 is 0 Å². The molecule has 3 rings (SSSR count). The van der Waals surface area contributed by atoms with Crippen LogP contribution in [0.2, 0.25) is 0 Å². The van der Waals surface area contributed by atoms with Crippen molar-refractivity contribution in [1.82, 2.24) is 9.97 Å². The first-order valence-corrected chi connectivity index (χ1v) is 8.53. The van der Waals surface area contributed by atoms with Gasteiger partial charge in [-0.2, -0.15) is 4.98 Å². The molecule has 1 aromatic heterocycles. The van der Waals surface area contributed by atoms with E-state index in [0.29, 0.717) is 12.5 Å². The number of rotatable bonds is 6. The molecule has 0 radical (unpaired) electrons. The Bertz CT molecular complexity index is 858. The van der Waals surface area contributed by atoms with Gasteiger partial charge in [0.15, 0.2) is 0 Å². The molecule has 0 aliphatic heterocycles. The Labute approximate surface area is 149 Å². The molecule has 25 heavy (non-hydrogen) atoms. The first-order valence-electron chi connectivity index (χ1n) is 8.53. The molecule has 0 spiro atoms. The Morgan fingerprint density at radius 1 is 0.800 bits per heavy atom. The van der Waals surface area contributed by atoms with Crippen LogP contribution in [0.1, 0.15) is 27.9 Å². The Morgan fingerprint density at radius 2 is 1.64 bits per heavy atom. The summed E-state index contributed by atoms with van der Waals surface area (Å²) < 4.78 is 0. The molecule has 0 saturated carbocycles. The lowest BCUT2D eigenvalue weighted by molar-refractivity contribution is 1.01. The van der Waals surface area contributed by atoms with Crippen LogP contribution in [0.5, 0.6) is 0 Å². The van der Waals surface area contributed by atoms with E-state index in [1.807, 2.05) is 13.0 Å². The largest absolute Gasteiger partial charge is 0.366 e. The van der Waals surface area contributed by atoms with Crippen LogP contribution in [-0.2, 0) is 13.1 Å². The molecule has 2 aromatic carbocycles. The van der Waals surface area contributed by atoms with E-state index < -0.39 is 0 Å². The number of hydrogen-bond acceptors (Lipinski definition) is 4. The van der Waals surface area contributed by atoms with Crippen molar-refractivity contribution in [3.8, 4) is 0 Å². The number of benzene rings is 2. The average Bonchev–Trinajstić information content (AvgIpc) is 2.59. The maximum absolute atomic E-state index is 4.58. The maximum Gasteiger partial charge on any atom is 0.225 e. The van der Waals surface area contributed by atoms with E-state index in [2.05, 4.69) is 83.0 Å². The summed E-state index contributed by atoms with van der Waals surface area (Å²) in [6.45, 7) is 7.67. The van der Waals surface area contributed by atoms with Gasteiger partial charge in [-0.1, -0.05) is 54.1 Å². The van der Waals surface area contributed by atoms with Crippen molar-refractivity contribution >= 4 is 11.8 Å². The van der Waals surface area contributed by atoms with Crippen molar-refractivity contribution in [3.63, 3.8) is 0 Å². The third-order valence-electron chi connectivity index (χ3n) is 4.11. The molecule has 128 valence electrons. The van der Waals surface area contributed by atoms with Gasteiger partial charge in [0.1, 0.15) is 5.82 Å². The number of hydrogen-bond donors (Lipinski definition) is 2. The van der Waals surface area contributed by atoms with Gasteiger partial charge in [0.2, 0.25) is 5.95 Å². The van der Waals surface area contributed by atoms with Crippen molar-refractivity contribution in [3.05, 3.63) is 82.5 Å². The van der Waals surface area contributed by atoms with E-state index >= 15 is 0 Å². The highest BCUT2D eigenvalue weighted by Crippen LogP contribution is 2.14. The standard InChI is InChI=1S/C21H24N4/c1-15-7-6-9-18(11-15)13-23-21-24-17(3)12-20(25-21)22-14-19-10-5-4-8-16(19)2/h4-12H,13-14H2,1-3H3,(H2,22,23,24,25). The van der Waals surface area contributed by atoms with Crippen molar-refractivity contribution in [2.75, 3.05) is 10.6 Å². The summed E-state index contributed by atoms with van der Waals surface area (Å²) in [4.78, 5) is 9.06. The Morgan fingerprint density at radius 3 is 2.44 bits per heavy atom. The smallest absolute Gasteiger partial charge is 0.225 e. The highest BCUT2D eigenvalue weighted by atomic mass is 15.1. The van der Waals surface area contributed by atoms with Crippen LogP contribution in [-0.4, -0.2) is 9.97 Å². The summed E-state index contributed by atoms with van der Waals surface area (Å²) in [5.74, 6) is 1.48. The first-order chi connectivity index (χ1) is 12.1. The van der Waals surface area contributed by atoms with Crippen molar-refractivity contribution in [2.24, 2.45) is 0 Å². The van der Waals surface area contributed by atoms with Gasteiger partial charge >= 0.3 is 0 Å². The number of nitrogens with one attached hydrogen (secondary N) is 2. The lowest BCUT2D eigenvalue weighted by atomic mass is 10.1. The number of aryl methyl sites for hydroxylation is 3. The fraction of sp³-hybridized carbons (Fsp3) is 0.238. The quantitative estimate of drug-likeness (QED) is 0.691. The highest BCUT2D eigenvalue weighted by Gasteiger charge is 2.04. The van der Waals surface area contributed by atoms with Gasteiger partial charge < -0.3 is 10.6 Å². The molecule has 4 heteroatoms. The summed E-state index contributed by atoms with van der Waals surface area (Å²) in [6.07, 6.45) is 0. The molecule has 0 fully saturated rings. The minimum absolute atomic E-state index is 0.647. The van der Waals surface area contributed by atoms with Crippen molar-refractivity contribution in [1.29, 1.82) is 0 Å². The summed E-state index contributed by atoms with van der Waals surface area (Å²) >= 11 is 0. The van der Waals surface area contributed by atoms with Gasteiger partial charge in [-0.3, -0.25) is 0 Å². The maximum atomic E-state index is 4.58. The average molecular weight is 332 g/mol. The number of nitrogens with zero attached hydrogens (tertiary/aromatic N) is 2. The molecule has 0 unspecified atom stereocenters. The van der Waals surface area contributed by atoms with Gasteiger partial charge in [-0.25, -0.2) is 4.98 Å². The van der Waals surface area contributed by atoms with E-state index in [9.17, 15) is 0 Å². The lowest BCUT2D eigenvalue weighted by Crippen LogP contribution is -2.08. The van der Waals surface area contributed by atoms with E-state index in [4.69, 9.17) is 0 Å². The van der Waals surface area contributed by atoms with E-state index in [1.165, 1.54) is 22.3 Å². The predicted molar refractivity (Wildman–Crippen MR) is 104 cm³/mol. The Balaban J connectivity index is 1.67. The highest BCUT2D eigenvalue weighted by molar-refractivity contribution is 5.43. The fourth-order valence-electron chi connectivity index (χ4n) is 2.74. The molecule has 0 aliphatic rings. The SMILES string of the molecule is Cc1cccc(CNc2nc(C)cc(NCc3ccccc3C)n2)c1. The van der Waals surface area contributed by atoms with E-state index in [0.717, 1.165) is 18.1 Å². The summed E-state index contributed by atoms with van der Waals surface area (Å²) in [6, 6.07) is 18.8. The van der Waals surface area contributed by atoms with Crippen LogP contribution in [0.15, 0.2) is 54.6 Å². The molecule has 0 aliphatic carbocycles. The van der Waals surface area contributed by atoms with Gasteiger partial charge in [-0.05, 0) is 37.5 Å². The lowest BCUT2D eigenvalue weighted by Gasteiger charge is -2.11. The molecule has 4 nitrogen and oxygen atoms in total. The monoisotopic (exact) mass is 332 g/mol. The number of aromatic nitrogens is 2. The fourth-order valence-corrected chi connectivity index (χ4v) is 2.74. The molecular formula is C21H24N4. The van der Waals surface area contributed by atoms with Crippen LogP contribution in [0, 0.1) is 20.8 Å². The van der Waals surface area contributed by atoms with Crippen molar-refractivity contribution in [2.45, 2.75) is 33.9 Å². The Kier molecular flexibility index (Phi) is 5.29. The second-order valence-corrected chi connectivity index (χ2v) is 6.34. The van der Waals surface area contributed by atoms with E-state index in [1.54, 1.807) is 0 Å². The summed E-state index contributed by atoms with van der Waals surface area (Å²) in [5, 5.41) is 6.72. The molecule has 0 atom stereocenters.